The summed E-state index contributed by atoms with van der Waals surface area (Å²) >= 11 is 0. The molecule has 13 heavy (non-hydrogen) atoms. The third-order valence-corrected chi connectivity index (χ3v) is 3.86. The summed E-state index contributed by atoms with van der Waals surface area (Å²) in [6.45, 7) is 5.10. The van der Waals surface area contributed by atoms with E-state index >= 15 is 0 Å². The van der Waals surface area contributed by atoms with Gasteiger partial charge >= 0.3 is 5.97 Å². The van der Waals surface area contributed by atoms with Crippen LogP contribution < -0.4 is 0 Å². The lowest BCUT2D eigenvalue weighted by molar-refractivity contribution is -0.148. The van der Waals surface area contributed by atoms with E-state index in [0.717, 1.165) is 19.3 Å². The highest BCUT2D eigenvalue weighted by molar-refractivity contribution is 5.79. The van der Waals surface area contributed by atoms with Crippen LogP contribution in [0.4, 0.5) is 0 Å². The van der Waals surface area contributed by atoms with Crippen molar-refractivity contribution in [2.75, 3.05) is 6.61 Å². The lowest BCUT2D eigenvalue weighted by Gasteiger charge is -2.25. The smallest absolute Gasteiger partial charge is 0.312 e. The van der Waals surface area contributed by atoms with E-state index in [1.165, 1.54) is 6.42 Å². The maximum absolute atomic E-state index is 11.7. The summed E-state index contributed by atoms with van der Waals surface area (Å²) in [5.41, 5.74) is -0.0752. The summed E-state index contributed by atoms with van der Waals surface area (Å²) in [6, 6.07) is 0. The number of hydrogen-bond donors (Lipinski definition) is 0. The van der Waals surface area contributed by atoms with E-state index in [-0.39, 0.29) is 11.4 Å². The minimum absolute atomic E-state index is 0.0752. The lowest BCUT2D eigenvalue weighted by atomic mass is 9.75. The molecule has 0 N–H and O–H groups in total. The van der Waals surface area contributed by atoms with E-state index in [0.29, 0.717) is 18.4 Å². The van der Waals surface area contributed by atoms with Crippen LogP contribution in [0.1, 0.15) is 39.5 Å². The van der Waals surface area contributed by atoms with Gasteiger partial charge < -0.3 is 4.74 Å². The number of hydrogen-bond acceptors (Lipinski definition) is 2. The Kier molecular flexibility index (Phi) is 2.09. The van der Waals surface area contributed by atoms with Crippen molar-refractivity contribution < 1.29 is 9.53 Å². The van der Waals surface area contributed by atoms with Gasteiger partial charge in [-0.15, -0.1) is 0 Å². The van der Waals surface area contributed by atoms with E-state index in [1.807, 2.05) is 0 Å². The van der Waals surface area contributed by atoms with Crippen molar-refractivity contribution in [3.8, 4) is 0 Å². The highest BCUT2D eigenvalue weighted by Crippen LogP contribution is 2.53. The second kappa shape index (κ2) is 3.00. The molecule has 0 aromatic heterocycles. The molecule has 1 heterocycles. The Bertz CT molecular complexity index is 224. The molecule has 2 aliphatic rings. The van der Waals surface area contributed by atoms with E-state index in [1.54, 1.807) is 0 Å². The molecule has 2 rings (SSSR count). The van der Waals surface area contributed by atoms with Crippen LogP contribution in [0.3, 0.4) is 0 Å². The van der Waals surface area contributed by atoms with Gasteiger partial charge in [-0.3, -0.25) is 4.79 Å². The molecule has 1 saturated heterocycles. The predicted molar refractivity (Wildman–Crippen MR) is 50.2 cm³/mol. The molecule has 1 spiro atoms. The fraction of sp³-hybridized carbons (Fsp3) is 0.909. The molecule has 0 aromatic carbocycles. The SMILES string of the molecule is CCC1CC(C)CC12CCOC2=O. The summed E-state index contributed by atoms with van der Waals surface area (Å²) in [5.74, 6) is 1.37. The Balaban J connectivity index is 2.24. The van der Waals surface area contributed by atoms with Crippen molar-refractivity contribution in [3.05, 3.63) is 0 Å². The molecule has 0 bridgehead atoms. The summed E-state index contributed by atoms with van der Waals surface area (Å²) < 4.78 is 5.13. The molecule has 1 saturated carbocycles. The third kappa shape index (κ3) is 1.18. The van der Waals surface area contributed by atoms with Crippen molar-refractivity contribution in [3.63, 3.8) is 0 Å². The first-order valence-electron chi connectivity index (χ1n) is 5.36. The lowest BCUT2D eigenvalue weighted by Crippen LogP contribution is -2.30. The highest BCUT2D eigenvalue weighted by Gasteiger charge is 2.54. The molecule has 3 atom stereocenters. The number of carbonyl (C=O) groups excluding carboxylic acids is 1. The number of cyclic esters (lactones) is 1. The monoisotopic (exact) mass is 182 g/mol. The van der Waals surface area contributed by atoms with Gasteiger partial charge in [0.05, 0.1) is 12.0 Å². The second-order valence-electron chi connectivity index (χ2n) is 4.69. The molecule has 2 heteroatoms. The van der Waals surface area contributed by atoms with Crippen LogP contribution in [0.25, 0.3) is 0 Å². The normalized spacial score (nSPS) is 44.3. The molecule has 2 nitrogen and oxygen atoms in total. The fourth-order valence-corrected chi connectivity index (χ4v) is 3.27. The van der Waals surface area contributed by atoms with Crippen molar-refractivity contribution in [1.82, 2.24) is 0 Å². The molecule has 1 aliphatic heterocycles. The van der Waals surface area contributed by atoms with Crippen molar-refractivity contribution in [2.45, 2.75) is 39.5 Å². The van der Waals surface area contributed by atoms with Gasteiger partial charge in [-0.1, -0.05) is 20.3 Å². The molecular weight excluding hydrogens is 164 g/mol. The first kappa shape index (κ1) is 9.04. The van der Waals surface area contributed by atoms with Crippen LogP contribution in [0, 0.1) is 17.3 Å². The van der Waals surface area contributed by atoms with Gasteiger partial charge in [0, 0.05) is 0 Å². The molecule has 0 radical (unpaired) electrons. The Labute approximate surface area is 79.7 Å². The van der Waals surface area contributed by atoms with Gasteiger partial charge in [-0.25, -0.2) is 0 Å². The van der Waals surface area contributed by atoms with E-state index < -0.39 is 0 Å². The molecule has 1 aliphatic carbocycles. The summed E-state index contributed by atoms with van der Waals surface area (Å²) in [7, 11) is 0. The Morgan fingerprint density at radius 2 is 2.38 bits per heavy atom. The average Bonchev–Trinajstić information content (AvgIpc) is 2.59. The number of rotatable bonds is 1. The van der Waals surface area contributed by atoms with E-state index in [4.69, 9.17) is 4.74 Å². The first-order chi connectivity index (χ1) is 6.19. The first-order valence-corrected chi connectivity index (χ1v) is 5.36. The van der Waals surface area contributed by atoms with Crippen LogP contribution in [0.2, 0.25) is 0 Å². The summed E-state index contributed by atoms with van der Waals surface area (Å²) in [4.78, 5) is 11.7. The predicted octanol–water partition coefficient (Wildman–Crippen LogP) is 2.38. The number of ether oxygens (including phenoxy) is 1. The Morgan fingerprint density at radius 3 is 2.92 bits per heavy atom. The van der Waals surface area contributed by atoms with E-state index in [2.05, 4.69) is 13.8 Å². The zero-order chi connectivity index (χ0) is 9.47. The van der Waals surface area contributed by atoms with Gasteiger partial charge in [0.2, 0.25) is 0 Å². The summed E-state index contributed by atoms with van der Waals surface area (Å²) in [6.07, 6.45) is 4.37. The molecule has 0 amide bonds. The van der Waals surface area contributed by atoms with Crippen LogP contribution in [-0.4, -0.2) is 12.6 Å². The topological polar surface area (TPSA) is 26.3 Å². The van der Waals surface area contributed by atoms with Crippen LogP contribution in [0.5, 0.6) is 0 Å². The van der Waals surface area contributed by atoms with E-state index in [9.17, 15) is 4.79 Å². The van der Waals surface area contributed by atoms with Crippen LogP contribution in [0.15, 0.2) is 0 Å². The van der Waals surface area contributed by atoms with Gasteiger partial charge in [-0.2, -0.15) is 0 Å². The van der Waals surface area contributed by atoms with Crippen molar-refractivity contribution in [2.24, 2.45) is 17.3 Å². The minimum atomic E-state index is -0.0752. The molecule has 74 valence electrons. The van der Waals surface area contributed by atoms with Gasteiger partial charge in [0.1, 0.15) is 0 Å². The molecule has 2 fully saturated rings. The third-order valence-electron chi connectivity index (χ3n) is 3.86. The van der Waals surface area contributed by atoms with Crippen LogP contribution in [-0.2, 0) is 9.53 Å². The number of carbonyl (C=O) groups is 1. The zero-order valence-corrected chi connectivity index (χ0v) is 8.51. The fourth-order valence-electron chi connectivity index (χ4n) is 3.27. The second-order valence-corrected chi connectivity index (χ2v) is 4.69. The Morgan fingerprint density at radius 1 is 1.62 bits per heavy atom. The Hall–Kier alpha value is -0.530. The minimum Gasteiger partial charge on any atom is -0.465 e. The molecule has 0 aromatic rings. The molecular formula is C11H18O2. The average molecular weight is 182 g/mol. The maximum Gasteiger partial charge on any atom is 0.312 e. The quantitative estimate of drug-likeness (QED) is 0.582. The zero-order valence-electron chi connectivity index (χ0n) is 8.51. The summed E-state index contributed by atoms with van der Waals surface area (Å²) in [5, 5.41) is 0. The van der Waals surface area contributed by atoms with Crippen molar-refractivity contribution in [1.29, 1.82) is 0 Å². The highest BCUT2D eigenvalue weighted by atomic mass is 16.5. The van der Waals surface area contributed by atoms with Gasteiger partial charge in [0.15, 0.2) is 0 Å². The number of esters is 1. The van der Waals surface area contributed by atoms with Gasteiger partial charge in [0.25, 0.3) is 0 Å². The maximum atomic E-state index is 11.7. The van der Waals surface area contributed by atoms with Gasteiger partial charge in [-0.05, 0) is 31.1 Å². The largest absolute Gasteiger partial charge is 0.465 e. The molecule has 3 unspecified atom stereocenters. The van der Waals surface area contributed by atoms with Crippen molar-refractivity contribution >= 4 is 5.97 Å². The van der Waals surface area contributed by atoms with Crippen LogP contribution >= 0.6 is 0 Å². The standard InChI is InChI=1S/C11H18O2/c1-3-9-6-8(2)7-11(9)4-5-13-10(11)12/h8-9H,3-7H2,1-2H3.